The molecule has 0 amide bonds. The highest BCUT2D eigenvalue weighted by Crippen LogP contribution is 2.27. The highest BCUT2D eigenvalue weighted by Gasteiger charge is 2.38. The highest BCUT2D eigenvalue weighted by atomic mass is 19.4. The largest absolute Gasteiger partial charge is 0.490 e. The number of carboxylic acids is 1. The van der Waals surface area contributed by atoms with E-state index in [9.17, 15) is 17.6 Å². The van der Waals surface area contributed by atoms with Crippen molar-refractivity contribution in [3.63, 3.8) is 0 Å². The smallest absolute Gasteiger partial charge is 0.475 e. The molecule has 7 nitrogen and oxygen atoms in total. The van der Waals surface area contributed by atoms with Crippen LogP contribution in [-0.4, -0.2) is 69.7 Å². The predicted molar refractivity (Wildman–Crippen MR) is 143 cm³/mol. The van der Waals surface area contributed by atoms with E-state index < -0.39 is 12.1 Å². The van der Waals surface area contributed by atoms with Crippen LogP contribution in [0.15, 0.2) is 66.7 Å². The number of halogens is 4. The van der Waals surface area contributed by atoms with Gasteiger partial charge in [-0.05, 0) is 41.0 Å². The molecule has 0 unspecified atom stereocenters. The van der Waals surface area contributed by atoms with Crippen LogP contribution in [-0.2, 0) is 11.3 Å². The van der Waals surface area contributed by atoms with Crippen molar-refractivity contribution in [3.05, 3.63) is 78.1 Å². The maximum absolute atomic E-state index is 13.5. The van der Waals surface area contributed by atoms with E-state index in [0.717, 1.165) is 67.3 Å². The lowest BCUT2D eigenvalue weighted by molar-refractivity contribution is -0.192. The number of carbonyl (C=O) groups is 1. The first-order chi connectivity index (χ1) is 19.1. The fraction of sp³-hybridized carbons (Fsp3) is 0.276. The molecule has 1 aromatic heterocycles. The first-order valence-electron chi connectivity index (χ1n) is 12.6. The van der Waals surface area contributed by atoms with Gasteiger partial charge in [0.05, 0.1) is 17.1 Å². The molecule has 1 saturated heterocycles. The van der Waals surface area contributed by atoms with Crippen molar-refractivity contribution in [1.82, 2.24) is 19.8 Å². The summed E-state index contributed by atoms with van der Waals surface area (Å²) in [6.07, 6.45) is -4.47. The van der Waals surface area contributed by atoms with Crippen LogP contribution in [0, 0.1) is 17.1 Å². The fourth-order valence-corrected chi connectivity index (χ4v) is 4.40. The number of benzene rings is 3. The molecule has 0 radical (unpaired) electrons. The number of nitrogens with one attached hydrogen (secondary N) is 1. The summed E-state index contributed by atoms with van der Waals surface area (Å²) in [6, 6.07) is 23.8. The van der Waals surface area contributed by atoms with Crippen LogP contribution in [0.3, 0.4) is 0 Å². The summed E-state index contributed by atoms with van der Waals surface area (Å²) in [6.45, 7) is 5.96. The summed E-state index contributed by atoms with van der Waals surface area (Å²) < 4.78 is 45.2. The molecule has 1 aliphatic heterocycles. The van der Waals surface area contributed by atoms with Gasteiger partial charge in [0.1, 0.15) is 11.6 Å². The minimum Gasteiger partial charge on any atom is -0.475 e. The van der Waals surface area contributed by atoms with Gasteiger partial charge in [-0.1, -0.05) is 42.5 Å². The Bertz CT molecular complexity index is 1490. The Morgan fingerprint density at radius 1 is 0.950 bits per heavy atom. The summed E-state index contributed by atoms with van der Waals surface area (Å²) in [7, 11) is 0. The third-order valence-electron chi connectivity index (χ3n) is 6.52. The third-order valence-corrected chi connectivity index (χ3v) is 6.52. The molecular weight excluding hydrogens is 526 g/mol. The number of imidazole rings is 1. The number of nitriles is 1. The molecule has 0 saturated carbocycles. The standard InChI is InChI=1S/C27H26FN5.C2HF3O2/c28-24-9-10-25-26(18-24)31-27(30-25)23-4-1-3-22(17-23)21-7-5-20(6-8-21)19-33-15-13-32(14-16-33)12-2-11-29;3-2(4,5)1(6)7/h1,3-10,17-18H,2,12-16,19H2,(H,30,31);(H,6,7). The van der Waals surface area contributed by atoms with Gasteiger partial charge in [0.25, 0.3) is 0 Å². The monoisotopic (exact) mass is 553 g/mol. The van der Waals surface area contributed by atoms with E-state index in [0.29, 0.717) is 11.9 Å². The van der Waals surface area contributed by atoms with E-state index in [1.165, 1.54) is 17.7 Å². The number of aromatic nitrogens is 2. The second-order valence-corrected chi connectivity index (χ2v) is 9.35. The minimum absolute atomic E-state index is 0.271. The molecule has 208 valence electrons. The van der Waals surface area contributed by atoms with Crippen molar-refractivity contribution in [3.8, 4) is 28.6 Å². The lowest BCUT2D eigenvalue weighted by atomic mass is 10.0. The minimum atomic E-state index is -5.08. The van der Waals surface area contributed by atoms with Crippen LogP contribution in [0.2, 0.25) is 0 Å². The van der Waals surface area contributed by atoms with Gasteiger partial charge in [0.2, 0.25) is 0 Å². The topological polar surface area (TPSA) is 96.3 Å². The van der Waals surface area contributed by atoms with Crippen molar-refractivity contribution < 1.29 is 27.5 Å². The Balaban J connectivity index is 0.000000470. The summed E-state index contributed by atoms with van der Waals surface area (Å²) in [4.78, 5) is 21.6. The number of aromatic amines is 1. The van der Waals surface area contributed by atoms with Crippen LogP contribution < -0.4 is 0 Å². The summed E-state index contributed by atoms with van der Waals surface area (Å²) in [5.41, 5.74) is 6.01. The van der Waals surface area contributed by atoms with E-state index in [4.69, 9.17) is 15.2 Å². The van der Waals surface area contributed by atoms with E-state index in [1.807, 2.05) is 12.1 Å². The van der Waals surface area contributed by atoms with Crippen molar-refractivity contribution >= 4 is 17.0 Å². The molecule has 2 N–H and O–H groups in total. The Hall–Kier alpha value is -4.27. The lowest BCUT2D eigenvalue weighted by Gasteiger charge is -2.34. The Morgan fingerprint density at radius 2 is 1.60 bits per heavy atom. The van der Waals surface area contributed by atoms with E-state index in [1.54, 1.807) is 6.07 Å². The maximum Gasteiger partial charge on any atom is 0.490 e. The number of fused-ring (bicyclic) bond motifs is 1. The summed E-state index contributed by atoms with van der Waals surface area (Å²) in [5, 5.41) is 15.9. The molecule has 40 heavy (non-hydrogen) atoms. The van der Waals surface area contributed by atoms with Gasteiger partial charge < -0.3 is 10.1 Å². The molecule has 0 atom stereocenters. The Kier molecular flexibility index (Phi) is 9.14. The molecule has 11 heteroatoms. The molecule has 3 aromatic carbocycles. The normalized spacial score (nSPS) is 14.4. The van der Waals surface area contributed by atoms with Crippen LogP contribution in [0.4, 0.5) is 17.6 Å². The molecule has 0 spiro atoms. The summed E-state index contributed by atoms with van der Waals surface area (Å²) in [5.74, 6) is -2.29. The fourth-order valence-electron chi connectivity index (χ4n) is 4.40. The number of piperazine rings is 1. The molecular formula is C29H27F4N5O2. The highest BCUT2D eigenvalue weighted by molar-refractivity contribution is 5.80. The Morgan fingerprint density at radius 3 is 2.25 bits per heavy atom. The first kappa shape index (κ1) is 28.7. The van der Waals surface area contributed by atoms with Crippen LogP contribution in [0.5, 0.6) is 0 Å². The third kappa shape index (κ3) is 7.65. The zero-order valence-electron chi connectivity index (χ0n) is 21.5. The van der Waals surface area contributed by atoms with Crippen molar-refractivity contribution in [2.75, 3.05) is 32.7 Å². The van der Waals surface area contributed by atoms with E-state index >= 15 is 0 Å². The molecule has 4 aromatic rings. The number of aliphatic carboxylic acids is 1. The average Bonchev–Trinajstić information content (AvgIpc) is 3.36. The number of rotatable bonds is 6. The molecule has 2 heterocycles. The van der Waals surface area contributed by atoms with Crippen LogP contribution in [0.25, 0.3) is 33.5 Å². The molecule has 5 rings (SSSR count). The first-order valence-corrected chi connectivity index (χ1v) is 12.6. The van der Waals surface area contributed by atoms with Gasteiger partial charge in [-0.15, -0.1) is 0 Å². The lowest BCUT2D eigenvalue weighted by Crippen LogP contribution is -2.46. The van der Waals surface area contributed by atoms with Crippen LogP contribution in [0.1, 0.15) is 12.0 Å². The molecule has 1 aliphatic rings. The quantitative estimate of drug-likeness (QED) is 0.298. The number of nitrogens with zero attached hydrogens (tertiary/aromatic N) is 4. The second-order valence-electron chi connectivity index (χ2n) is 9.35. The van der Waals surface area contributed by atoms with Crippen molar-refractivity contribution in [1.29, 1.82) is 5.26 Å². The number of alkyl halides is 3. The molecule has 0 bridgehead atoms. The van der Waals surface area contributed by atoms with E-state index in [2.05, 4.69) is 62.2 Å². The average molecular weight is 554 g/mol. The molecule has 1 fully saturated rings. The predicted octanol–water partition coefficient (Wildman–Crippen LogP) is 5.70. The number of hydrogen-bond donors (Lipinski definition) is 2. The van der Waals surface area contributed by atoms with Gasteiger partial charge >= 0.3 is 12.1 Å². The van der Waals surface area contributed by atoms with Crippen molar-refractivity contribution in [2.45, 2.75) is 19.1 Å². The SMILES string of the molecule is N#CCCN1CCN(Cc2ccc(-c3cccc(-c4nc5ccc(F)cc5[nH]4)c3)cc2)CC1.O=C(O)C(F)(F)F. The van der Waals surface area contributed by atoms with Gasteiger partial charge in [-0.25, -0.2) is 14.2 Å². The second kappa shape index (κ2) is 12.7. The van der Waals surface area contributed by atoms with Crippen molar-refractivity contribution in [2.24, 2.45) is 0 Å². The van der Waals surface area contributed by atoms with Crippen LogP contribution >= 0.6 is 0 Å². The zero-order valence-corrected chi connectivity index (χ0v) is 21.5. The maximum atomic E-state index is 13.5. The number of carboxylic acid groups (broad SMARTS) is 1. The van der Waals surface area contributed by atoms with Gasteiger partial charge in [0, 0.05) is 51.3 Å². The Labute approximate surface area is 228 Å². The van der Waals surface area contributed by atoms with Gasteiger partial charge in [0.15, 0.2) is 0 Å². The molecule has 0 aliphatic carbocycles. The number of H-pyrrole nitrogens is 1. The summed E-state index contributed by atoms with van der Waals surface area (Å²) >= 11 is 0. The van der Waals surface area contributed by atoms with Gasteiger partial charge in [-0.2, -0.15) is 18.4 Å². The van der Waals surface area contributed by atoms with Gasteiger partial charge in [-0.3, -0.25) is 9.80 Å². The van der Waals surface area contributed by atoms with E-state index in [-0.39, 0.29) is 5.82 Å². The zero-order chi connectivity index (χ0) is 28.7. The number of hydrogen-bond acceptors (Lipinski definition) is 5.